The number of ether oxygens (including phenoxy) is 1. The van der Waals surface area contributed by atoms with Gasteiger partial charge in [-0.05, 0) is 11.4 Å². The molecule has 9 heteroatoms. The highest BCUT2D eigenvalue weighted by Gasteiger charge is 2.12. The van der Waals surface area contributed by atoms with Crippen LogP contribution in [0.25, 0.3) is 0 Å². The Bertz CT molecular complexity index is 885. The van der Waals surface area contributed by atoms with Crippen molar-refractivity contribution in [2.24, 2.45) is 0 Å². The molecule has 0 spiro atoms. The van der Waals surface area contributed by atoms with Crippen molar-refractivity contribution in [3.8, 4) is 5.75 Å². The molecular weight excluding hydrogens is 332 g/mol. The smallest absolute Gasteiger partial charge is 0.268 e. The number of carbonyl (C=O) groups is 1. The van der Waals surface area contributed by atoms with Gasteiger partial charge in [-0.25, -0.2) is 0 Å². The van der Waals surface area contributed by atoms with Gasteiger partial charge in [-0.15, -0.1) is 11.3 Å². The molecule has 3 aromatic heterocycles. The molecule has 0 saturated carbocycles. The summed E-state index contributed by atoms with van der Waals surface area (Å²) in [5, 5.41) is 8.41. The first-order valence-corrected chi connectivity index (χ1v) is 7.92. The molecule has 124 valence electrons. The maximum Gasteiger partial charge on any atom is 0.268 e. The molecule has 3 rings (SSSR count). The number of amides is 1. The van der Waals surface area contributed by atoms with Gasteiger partial charge in [0.2, 0.25) is 11.3 Å². The number of H-pyrrole nitrogens is 1. The van der Waals surface area contributed by atoms with Gasteiger partial charge in [-0.3, -0.25) is 9.59 Å². The lowest BCUT2D eigenvalue weighted by molar-refractivity contribution is 0.0944. The maximum atomic E-state index is 12.0. The topological polar surface area (TPSA) is 110 Å². The molecular formula is C15H14N4O4S. The molecule has 0 unspecified atom stereocenters. The van der Waals surface area contributed by atoms with Crippen LogP contribution in [-0.4, -0.2) is 28.1 Å². The molecule has 3 aromatic rings. The second-order valence-electron chi connectivity index (χ2n) is 4.82. The maximum absolute atomic E-state index is 12.0. The van der Waals surface area contributed by atoms with Gasteiger partial charge in [0.05, 0.1) is 20.1 Å². The third-order valence-electron chi connectivity index (χ3n) is 3.16. The summed E-state index contributed by atoms with van der Waals surface area (Å²) in [5.74, 6) is 0.549. The van der Waals surface area contributed by atoms with E-state index in [0.29, 0.717) is 18.1 Å². The standard InChI is InChI=1S/C15H14N4O4S/c1-22-12-7-16-10(6-11(12)20)15(21)17-8-13-18-14(23-19-13)5-9-3-2-4-24-9/h2-4,6-7H,5,8H2,1H3,(H,16,20)(H,17,21). The lowest BCUT2D eigenvalue weighted by atomic mass is 10.3. The molecule has 0 aromatic carbocycles. The van der Waals surface area contributed by atoms with Crippen molar-refractivity contribution in [3.05, 3.63) is 62.3 Å². The fourth-order valence-corrected chi connectivity index (χ4v) is 2.70. The van der Waals surface area contributed by atoms with E-state index in [9.17, 15) is 9.59 Å². The first-order valence-electron chi connectivity index (χ1n) is 7.04. The quantitative estimate of drug-likeness (QED) is 0.697. The van der Waals surface area contributed by atoms with Crippen molar-refractivity contribution in [2.75, 3.05) is 7.11 Å². The largest absolute Gasteiger partial charge is 0.491 e. The van der Waals surface area contributed by atoms with E-state index in [1.165, 1.54) is 19.4 Å². The zero-order valence-electron chi connectivity index (χ0n) is 12.7. The Labute approximate surface area is 140 Å². The highest BCUT2D eigenvalue weighted by molar-refractivity contribution is 7.09. The van der Waals surface area contributed by atoms with Gasteiger partial charge in [0.25, 0.3) is 5.91 Å². The number of thiophene rings is 1. The van der Waals surface area contributed by atoms with Gasteiger partial charge >= 0.3 is 0 Å². The van der Waals surface area contributed by atoms with Crippen molar-refractivity contribution < 1.29 is 14.1 Å². The zero-order valence-corrected chi connectivity index (χ0v) is 13.6. The molecule has 0 atom stereocenters. The molecule has 2 N–H and O–H groups in total. The minimum atomic E-state index is -0.445. The predicted octanol–water partition coefficient (Wildman–Crippen LogP) is 1.35. The van der Waals surface area contributed by atoms with Crippen LogP contribution in [0, 0.1) is 0 Å². The summed E-state index contributed by atoms with van der Waals surface area (Å²) in [7, 11) is 1.38. The molecule has 0 aliphatic heterocycles. The van der Waals surface area contributed by atoms with E-state index < -0.39 is 5.91 Å². The summed E-state index contributed by atoms with van der Waals surface area (Å²) >= 11 is 1.61. The Kier molecular flexibility index (Phi) is 4.71. The van der Waals surface area contributed by atoms with E-state index >= 15 is 0 Å². The van der Waals surface area contributed by atoms with E-state index in [4.69, 9.17) is 9.26 Å². The minimum Gasteiger partial charge on any atom is -0.491 e. The second kappa shape index (κ2) is 7.09. The average Bonchev–Trinajstić information content (AvgIpc) is 3.25. The Morgan fingerprint density at radius 2 is 2.38 bits per heavy atom. The summed E-state index contributed by atoms with van der Waals surface area (Å²) in [5.41, 5.74) is -0.248. The number of nitrogens with zero attached hydrogens (tertiary/aromatic N) is 2. The van der Waals surface area contributed by atoms with E-state index in [1.54, 1.807) is 11.3 Å². The molecule has 0 saturated heterocycles. The van der Waals surface area contributed by atoms with Crippen LogP contribution in [0.15, 0.2) is 39.1 Å². The average molecular weight is 346 g/mol. The van der Waals surface area contributed by atoms with Crippen molar-refractivity contribution >= 4 is 17.2 Å². The molecule has 0 aliphatic carbocycles. The number of pyridine rings is 1. The molecule has 24 heavy (non-hydrogen) atoms. The molecule has 8 nitrogen and oxygen atoms in total. The number of carbonyl (C=O) groups excluding carboxylic acids is 1. The molecule has 0 aliphatic rings. The molecule has 1 amide bonds. The number of hydrogen-bond donors (Lipinski definition) is 2. The van der Waals surface area contributed by atoms with Crippen molar-refractivity contribution in [1.29, 1.82) is 0 Å². The van der Waals surface area contributed by atoms with Crippen LogP contribution in [-0.2, 0) is 13.0 Å². The van der Waals surface area contributed by atoms with Gasteiger partial charge in [-0.2, -0.15) is 4.98 Å². The summed E-state index contributed by atoms with van der Waals surface area (Å²) in [6, 6.07) is 5.11. The van der Waals surface area contributed by atoms with Gasteiger partial charge < -0.3 is 19.6 Å². The highest BCUT2D eigenvalue weighted by atomic mass is 32.1. The van der Waals surface area contributed by atoms with E-state index in [2.05, 4.69) is 20.4 Å². The van der Waals surface area contributed by atoms with Gasteiger partial charge in [0.1, 0.15) is 5.69 Å². The number of methoxy groups -OCH3 is 1. The highest BCUT2D eigenvalue weighted by Crippen LogP contribution is 2.13. The van der Waals surface area contributed by atoms with Crippen LogP contribution >= 0.6 is 11.3 Å². The fourth-order valence-electron chi connectivity index (χ4n) is 2.00. The Morgan fingerprint density at radius 1 is 1.50 bits per heavy atom. The van der Waals surface area contributed by atoms with E-state index in [-0.39, 0.29) is 23.4 Å². The van der Waals surface area contributed by atoms with Gasteiger partial charge in [0, 0.05) is 17.1 Å². The predicted molar refractivity (Wildman–Crippen MR) is 86.2 cm³/mol. The molecule has 0 bridgehead atoms. The van der Waals surface area contributed by atoms with Crippen LogP contribution in [0.4, 0.5) is 0 Å². The van der Waals surface area contributed by atoms with Crippen molar-refractivity contribution in [1.82, 2.24) is 20.4 Å². The van der Waals surface area contributed by atoms with Crippen LogP contribution < -0.4 is 15.5 Å². The Hall–Kier alpha value is -2.94. The van der Waals surface area contributed by atoms with Crippen molar-refractivity contribution in [3.63, 3.8) is 0 Å². The number of hydrogen-bond acceptors (Lipinski definition) is 7. The summed E-state index contributed by atoms with van der Waals surface area (Å²) in [6.45, 7) is 0.0980. The third kappa shape index (κ3) is 3.69. The molecule has 0 radical (unpaired) electrons. The first kappa shape index (κ1) is 15.9. The van der Waals surface area contributed by atoms with Gasteiger partial charge in [0.15, 0.2) is 11.6 Å². The van der Waals surface area contributed by atoms with E-state index in [1.807, 2.05) is 17.5 Å². The number of aromatic amines is 1. The number of nitrogens with one attached hydrogen (secondary N) is 2. The number of rotatable bonds is 6. The summed E-state index contributed by atoms with van der Waals surface area (Å²) in [4.78, 5) is 31.7. The van der Waals surface area contributed by atoms with Crippen LogP contribution in [0.5, 0.6) is 5.75 Å². The van der Waals surface area contributed by atoms with Crippen molar-refractivity contribution in [2.45, 2.75) is 13.0 Å². The minimum absolute atomic E-state index is 0.0980. The second-order valence-corrected chi connectivity index (χ2v) is 5.85. The Balaban J connectivity index is 1.59. The SMILES string of the molecule is COc1c[nH]c(C(=O)NCc2noc(Cc3cccs3)n2)cc1=O. The third-order valence-corrected chi connectivity index (χ3v) is 4.04. The fraction of sp³-hybridized carbons (Fsp3) is 0.200. The number of aromatic nitrogens is 3. The normalized spacial score (nSPS) is 10.5. The first-order chi connectivity index (χ1) is 11.7. The molecule has 0 fully saturated rings. The van der Waals surface area contributed by atoms with Gasteiger partial charge in [-0.1, -0.05) is 11.2 Å². The lowest BCUT2D eigenvalue weighted by Gasteiger charge is -2.03. The summed E-state index contributed by atoms with van der Waals surface area (Å²) < 4.78 is 9.99. The zero-order chi connectivity index (χ0) is 16.9. The van der Waals surface area contributed by atoms with Crippen LogP contribution in [0.1, 0.15) is 27.1 Å². The van der Waals surface area contributed by atoms with Crippen LogP contribution in [0.2, 0.25) is 0 Å². The van der Waals surface area contributed by atoms with Crippen LogP contribution in [0.3, 0.4) is 0 Å². The summed E-state index contributed by atoms with van der Waals surface area (Å²) in [6.07, 6.45) is 1.90. The Morgan fingerprint density at radius 3 is 3.08 bits per heavy atom. The molecule has 3 heterocycles. The monoisotopic (exact) mass is 346 g/mol. The lowest BCUT2D eigenvalue weighted by Crippen LogP contribution is -2.25. The van der Waals surface area contributed by atoms with E-state index in [0.717, 1.165) is 4.88 Å².